The van der Waals surface area contributed by atoms with Crippen LogP contribution >= 0.6 is 0 Å². The van der Waals surface area contributed by atoms with Crippen LogP contribution in [0.3, 0.4) is 0 Å². The molecule has 0 atom stereocenters. The van der Waals surface area contributed by atoms with Gasteiger partial charge in [0.25, 0.3) is 0 Å². The van der Waals surface area contributed by atoms with E-state index < -0.39 is 0 Å². The van der Waals surface area contributed by atoms with Gasteiger partial charge in [-0.15, -0.1) is 0 Å². The van der Waals surface area contributed by atoms with Gasteiger partial charge in [-0.25, -0.2) is 4.98 Å². The number of hydrogen-bond acceptors (Lipinski definition) is 3. The fourth-order valence-electron chi connectivity index (χ4n) is 2.42. The SMILES string of the molecule is CCOc1ccc2nc(N)c(CC)c(CC)c2c1. The molecule has 0 amide bonds. The van der Waals surface area contributed by atoms with Gasteiger partial charge in [-0.3, -0.25) is 0 Å². The van der Waals surface area contributed by atoms with E-state index in [4.69, 9.17) is 10.5 Å². The highest BCUT2D eigenvalue weighted by molar-refractivity contribution is 5.87. The second kappa shape index (κ2) is 5.25. The largest absolute Gasteiger partial charge is 0.494 e. The number of hydrogen-bond donors (Lipinski definition) is 1. The predicted octanol–water partition coefficient (Wildman–Crippen LogP) is 3.34. The van der Waals surface area contributed by atoms with E-state index in [-0.39, 0.29) is 0 Å². The lowest BCUT2D eigenvalue weighted by Gasteiger charge is -2.13. The molecule has 2 N–H and O–H groups in total. The molecule has 96 valence electrons. The van der Waals surface area contributed by atoms with Crippen LogP contribution in [0.15, 0.2) is 18.2 Å². The molecule has 0 saturated carbocycles. The van der Waals surface area contributed by atoms with Crippen LogP contribution in [-0.2, 0) is 12.8 Å². The molecule has 0 saturated heterocycles. The molecule has 0 bridgehead atoms. The molecule has 0 aliphatic heterocycles. The molecule has 3 nitrogen and oxygen atoms in total. The molecule has 1 aromatic heterocycles. The van der Waals surface area contributed by atoms with Crippen LogP contribution in [0, 0.1) is 0 Å². The van der Waals surface area contributed by atoms with Crippen LogP contribution in [-0.4, -0.2) is 11.6 Å². The average Bonchev–Trinajstić information content (AvgIpc) is 2.38. The third-order valence-electron chi connectivity index (χ3n) is 3.23. The Hall–Kier alpha value is -1.77. The van der Waals surface area contributed by atoms with Gasteiger partial charge in [0.05, 0.1) is 12.1 Å². The molecule has 0 spiro atoms. The van der Waals surface area contributed by atoms with Gasteiger partial charge in [0.1, 0.15) is 11.6 Å². The first-order chi connectivity index (χ1) is 8.71. The average molecular weight is 244 g/mol. The second-order valence-corrected chi connectivity index (χ2v) is 4.27. The second-order valence-electron chi connectivity index (χ2n) is 4.27. The zero-order valence-electron chi connectivity index (χ0n) is 11.3. The summed E-state index contributed by atoms with van der Waals surface area (Å²) in [6.07, 6.45) is 1.87. The smallest absolute Gasteiger partial charge is 0.127 e. The Morgan fingerprint density at radius 2 is 1.83 bits per heavy atom. The number of benzene rings is 1. The number of anilines is 1. The molecule has 0 fully saturated rings. The van der Waals surface area contributed by atoms with Gasteiger partial charge >= 0.3 is 0 Å². The summed E-state index contributed by atoms with van der Waals surface area (Å²) in [6, 6.07) is 6.00. The van der Waals surface area contributed by atoms with E-state index in [0.29, 0.717) is 12.4 Å². The molecule has 2 aromatic rings. The molecule has 18 heavy (non-hydrogen) atoms. The Labute approximate surface area is 108 Å². The van der Waals surface area contributed by atoms with Crippen molar-refractivity contribution in [2.75, 3.05) is 12.3 Å². The number of ether oxygens (including phenoxy) is 1. The first-order valence-corrected chi connectivity index (χ1v) is 6.55. The summed E-state index contributed by atoms with van der Waals surface area (Å²) in [5.41, 5.74) is 9.44. The maximum Gasteiger partial charge on any atom is 0.127 e. The number of pyridine rings is 1. The van der Waals surface area contributed by atoms with Crippen molar-refractivity contribution in [2.45, 2.75) is 33.6 Å². The summed E-state index contributed by atoms with van der Waals surface area (Å²) < 4.78 is 5.56. The van der Waals surface area contributed by atoms with Crippen molar-refractivity contribution in [2.24, 2.45) is 0 Å². The number of nitrogens with two attached hydrogens (primary N) is 1. The monoisotopic (exact) mass is 244 g/mol. The zero-order chi connectivity index (χ0) is 13.1. The summed E-state index contributed by atoms with van der Waals surface area (Å²) in [4.78, 5) is 4.48. The third-order valence-corrected chi connectivity index (χ3v) is 3.23. The summed E-state index contributed by atoms with van der Waals surface area (Å²) in [5.74, 6) is 1.55. The molecule has 0 unspecified atom stereocenters. The standard InChI is InChI=1S/C15H20N2O/c1-4-11-12(5-2)15(16)17-14-8-7-10(18-6-3)9-13(11)14/h7-9H,4-6H2,1-3H3,(H2,16,17). The highest BCUT2D eigenvalue weighted by Crippen LogP contribution is 2.29. The summed E-state index contributed by atoms with van der Waals surface area (Å²) in [6.45, 7) is 6.94. The van der Waals surface area contributed by atoms with Crippen LogP contribution in [0.2, 0.25) is 0 Å². The number of fused-ring (bicyclic) bond motifs is 1. The molecule has 1 heterocycles. The van der Waals surface area contributed by atoms with Gasteiger partial charge in [-0.1, -0.05) is 13.8 Å². The first-order valence-electron chi connectivity index (χ1n) is 6.55. The van der Waals surface area contributed by atoms with Crippen molar-refractivity contribution >= 4 is 16.7 Å². The Morgan fingerprint density at radius 3 is 2.44 bits per heavy atom. The zero-order valence-corrected chi connectivity index (χ0v) is 11.3. The van der Waals surface area contributed by atoms with Crippen molar-refractivity contribution in [1.29, 1.82) is 0 Å². The van der Waals surface area contributed by atoms with Gasteiger partial charge < -0.3 is 10.5 Å². The summed E-state index contributed by atoms with van der Waals surface area (Å²) >= 11 is 0. The predicted molar refractivity (Wildman–Crippen MR) is 76.1 cm³/mol. The van der Waals surface area contributed by atoms with Gasteiger partial charge in [0.15, 0.2) is 0 Å². The van der Waals surface area contributed by atoms with Crippen molar-refractivity contribution in [1.82, 2.24) is 4.98 Å². The van der Waals surface area contributed by atoms with E-state index in [1.165, 1.54) is 11.1 Å². The topological polar surface area (TPSA) is 48.1 Å². The molecule has 1 aromatic carbocycles. The highest BCUT2D eigenvalue weighted by Gasteiger charge is 2.11. The van der Waals surface area contributed by atoms with Crippen molar-refractivity contribution < 1.29 is 4.74 Å². The number of aryl methyl sites for hydroxylation is 1. The lowest BCUT2D eigenvalue weighted by Crippen LogP contribution is -2.03. The Balaban J connectivity index is 2.70. The Kier molecular flexibility index (Phi) is 3.70. The van der Waals surface area contributed by atoms with Crippen LogP contribution in [0.5, 0.6) is 5.75 Å². The number of nitrogen functional groups attached to an aromatic ring is 1. The quantitative estimate of drug-likeness (QED) is 0.897. The van der Waals surface area contributed by atoms with Crippen LogP contribution in [0.4, 0.5) is 5.82 Å². The van der Waals surface area contributed by atoms with E-state index >= 15 is 0 Å². The molecular weight excluding hydrogens is 224 g/mol. The van der Waals surface area contributed by atoms with Crippen LogP contribution < -0.4 is 10.5 Å². The van der Waals surface area contributed by atoms with E-state index in [1.54, 1.807) is 0 Å². The number of nitrogens with zero attached hydrogens (tertiary/aromatic N) is 1. The maximum absolute atomic E-state index is 6.03. The van der Waals surface area contributed by atoms with Gasteiger partial charge in [0.2, 0.25) is 0 Å². The number of aromatic nitrogens is 1. The summed E-state index contributed by atoms with van der Waals surface area (Å²) in [5, 5.41) is 1.16. The van der Waals surface area contributed by atoms with Gasteiger partial charge in [-0.05, 0) is 49.1 Å². The summed E-state index contributed by atoms with van der Waals surface area (Å²) in [7, 11) is 0. The fraction of sp³-hybridized carbons (Fsp3) is 0.400. The van der Waals surface area contributed by atoms with E-state index in [1.807, 2.05) is 19.1 Å². The molecular formula is C15H20N2O. The van der Waals surface area contributed by atoms with E-state index in [9.17, 15) is 0 Å². The van der Waals surface area contributed by atoms with Crippen LogP contribution in [0.25, 0.3) is 10.9 Å². The third kappa shape index (κ3) is 2.13. The maximum atomic E-state index is 6.03. The minimum atomic E-state index is 0.658. The fourth-order valence-corrected chi connectivity index (χ4v) is 2.42. The Morgan fingerprint density at radius 1 is 1.11 bits per heavy atom. The number of rotatable bonds is 4. The van der Waals surface area contributed by atoms with Gasteiger partial charge in [-0.2, -0.15) is 0 Å². The van der Waals surface area contributed by atoms with E-state index in [0.717, 1.165) is 29.5 Å². The molecule has 0 aliphatic carbocycles. The molecule has 2 rings (SSSR count). The van der Waals surface area contributed by atoms with Gasteiger partial charge in [0, 0.05) is 5.39 Å². The lowest BCUT2D eigenvalue weighted by molar-refractivity contribution is 0.340. The van der Waals surface area contributed by atoms with E-state index in [2.05, 4.69) is 24.9 Å². The Bertz CT molecular complexity index is 564. The minimum Gasteiger partial charge on any atom is -0.494 e. The first kappa shape index (κ1) is 12.7. The molecule has 3 heteroatoms. The van der Waals surface area contributed by atoms with Crippen molar-refractivity contribution in [3.8, 4) is 5.75 Å². The highest BCUT2D eigenvalue weighted by atomic mass is 16.5. The van der Waals surface area contributed by atoms with Crippen LogP contribution in [0.1, 0.15) is 31.9 Å². The molecule has 0 aliphatic rings. The van der Waals surface area contributed by atoms with Crippen molar-refractivity contribution in [3.05, 3.63) is 29.3 Å². The minimum absolute atomic E-state index is 0.658. The van der Waals surface area contributed by atoms with Crippen molar-refractivity contribution in [3.63, 3.8) is 0 Å². The normalized spacial score (nSPS) is 10.8. The lowest BCUT2D eigenvalue weighted by atomic mass is 9.98. The molecule has 0 radical (unpaired) electrons.